The van der Waals surface area contributed by atoms with Gasteiger partial charge in [-0.05, 0) is 49.7 Å². The van der Waals surface area contributed by atoms with Gasteiger partial charge in [0.1, 0.15) is 0 Å². The average molecular weight is 542 g/mol. The molecule has 7 heteroatoms. The van der Waals surface area contributed by atoms with Crippen molar-refractivity contribution in [3.8, 4) is 0 Å². The Hall–Kier alpha value is -2.11. The molecule has 0 aromatic rings. The van der Waals surface area contributed by atoms with Gasteiger partial charge < -0.3 is 25.8 Å². The molecule has 0 radical (unpaired) electrons. The second kappa shape index (κ2) is 10.1. The Morgan fingerprint density at radius 1 is 0.667 bits per heavy atom. The van der Waals surface area contributed by atoms with Crippen LogP contribution < -0.4 is 10.6 Å². The van der Waals surface area contributed by atoms with Crippen molar-refractivity contribution in [3.63, 3.8) is 0 Å². The molecule has 39 heavy (non-hydrogen) atoms. The van der Waals surface area contributed by atoms with Crippen molar-refractivity contribution in [2.24, 2.45) is 0 Å². The van der Waals surface area contributed by atoms with Crippen molar-refractivity contribution in [2.45, 2.75) is 101 Å². The second-order valence-corrected chi connectivity index (χ2v) is 14.2. The molecule has 2 N–H and O–H groups in total. The molecule has 1 saturated heterocycles. The molecule has 2 unspecified atom stereocenters. The number of allylic oxidation sites excluding steroid dienone is 8. The lowest BCUT2D eigenvalue weighted by Gasteiger charge is -2.50. The van der Waals surface area contributed by atoms with E-state index in [1.165, 1.54) is 35.1 Å². The van der Waals surface area contributed by atoms with Crippen LogP contribution in [0.3, 0.4) is 0 Å². The van der Waals surface area contributed by atoms with Crippen LogP contribution in [0.15, 0.2) is 94.6 Å². The van der Waals surface area contributed by atoms with Crippen LogP contribution in [0.4, 0.5) is 0 Å². The molecule has 0 aromatic carbocycles. The number of hydrogen-bond acceptors (Lipinski definition) is 6. The summed E-state index contributed by atoms with van der Waals surface area (Å²) in [4.78, 5) is 0. The topological polar surface area (TPSA) is 61.0 Å². The molecule has 5 aliphatic carbocycles. The predicted octanol–water partition coefficient (Wildman–Crippen LogP) is 5.47. The minimum Gasteiger partial charge on any atom is -0.723 e. The molecule has 6 aliphatic heterocycles. The maximum Gasteiger partial charge on any atom is 1.04 e. The largest absolute Gasteiger partial charge is 1.04 e. The molecule has 0 aromatic heterocycles. The highest BCUT2D eigenvalue weighted by molar-refractivity contribution is 6.54. The second-order valence-electron chi connectivity index (χ2n) is 12.1. The first-order valence-corrected chi connectivity index (χ1v) is 17.1. The fraction of sp³-hybridized carbons (Fsp3) is 0.500. The summed E-state index contributed by atoms with van der Waals surface area (Å²) >= 11 is -4.06. The number of nitrogens with one attached hydrogen (secondary N) is 2. The summed E-state index contributed by atoms with van der Waals surface area (Å²) < 4.78 is 28.4. The highest BCUT2D eigenvalue weighted by Crippen LogP contribution is 2.43. The molecule has 1 saturated carbocycles. The predicted molar refractivity (Wildman–Crippen MR) is 152 cm³/mol. The maximum atomic E-state index is 7.13. The van der Waals surface area contributed by atoms with E-state index in [9.17, 15) is 0 Å². The van der Waals surface area contributed by atoms with Gasteiger partial charge in [0.15, 0.2) is 0 Å². The van der Waals surface area contributed by atoms with E-state index in [4.69, 9.17) is 15.2 Å². The Bertz CT molecular complexity index is 1190. The van der Waals surface area contributed by atoms with Gasteiger partial charge in [0.25, 0.3) is 0 Å². The van der Waals surface area contributed by atoms with Crippen molar-refractivity contribution < 1.29 is 15.2 Å². The van der Waals surface area contributed by atoms with Gasteiger partial charge in [-0.25, -0.2) is 0 Å². The van der Waals surface area contributed by atoms with Gasteiger partial charge in [0.05, 0.1) is 12.1 Å². The van der Waals surface area contributed by atoms with E-state index in [2.05, 4.69) is 71.4 Å². The van der Waals surface area contributed by atoms with E-state index < -0.39 is 14.4 Å². The molecule has 204 valence electrons. The molecule has 6 heterocycles. The molecular formula is C32H38AlN2O4-. The summed E-state index contributed by atoms with van der Waals surface area (Å²) in [5.74, 6) is 1.96. The molecular weight excluding hydrogens is 503 g/mol. The third kappa shape index (κ3) is 4.39. The van der Waals surface area contributed by atoms with Crippen molar-refractivity contribution in [1.82, 2.24) is 10.6 Å². The van der Waals surface area contributed by atoms with E-state index >= 15 is 0 Å². The number of hydrogen-bond donors (Lipinski definition) is 2. The molecule has 2 fully saturated rings. The third-order valence-corrected chi connectivity index (χ3v) is 12.1. The van der Waals surface area contributed by atoms with Crippen LogP contribution >= 0.6 is 0 Å². The lowest BCUT2D eigenvalue weighted by atomic mass is 9.82. The molecule has 11 rings (SSSR count). The summed E-state index contributed by atoms with van der Waals surface area (Å²) in [6.45, 7) is 0. The van der Waals surface area contributed by atoms with Crippen molar-refractivity contribution in [2.75, 3.05) is 0 Å². The Morgan fingerprint density at radius 3 is 1.69 bits per heavy atom. The molecule has 6 nitrogen and oxygen atoms in total. The lowest BCUT2D eigenvalue weighted by molar-refractivity contribution is -0.0434. The fourth-order valence-electron chi connectivity index (χ4n) is 7.78. The van der Waals surface area contributed by atoms with Gasteiger partial charge in [0, 0.05) is 59.8 Å². The SMILES string of the molecule is C1=CC[C@H]2[O][Al-]34[O]C5=C(C=CCC5)C(N[C@@H]5CCCC[C@H]5NC(C5=CC=CC[C@H]5[O]3)C3=C(CCC=C3)[O]4)C2=C1. The van der Waals surface area contributed by atoms with E-state index in [0.29, 0.717) is 12.1 Å². The smallest absolute Gasteiger partial charge is 0.723 e. The standard InChI is InChI=1S/C32H40N2O4.Al/c35-27-17-7-1-11-21(27)31(22-12-2-8-18-28(22)36)33-25-15-5-6-16-26(25)34-32(23-13-3-9-19-29(23)37)24-14-4-10-20-30(24)38;/h1-4,7,9,11-14,25-27,29,31-34,36,38H,5-6,8,10,15-20H2;/q-2;+3/p-2/t25-,26-,27-,29-,31?,32?;/m1./s1. The minimum atomic E-state index is -4.06. The zero-order valence-electron chi connectivity index (χ0n) is 22.5. The normalized spacial score (nSPS) is 40.6. The van der Waals surface area contributed by atoms with Gasteiger partial charge in [-0.15, -0.1) is 0 Å². The molecule has 11 aliphatic rings. The van der Waals surface area contributed by atoms with Crippen LogP contribution in [0.1, 0.15) is 64.2 Å². The quantitative estimate of drug-likeness (QED) is 0.397. The first-order valence-electron chi connectivity index (χ1n) is 15.2. The summed E-state index contributed by atoms with van der Waals surface area (Å²) in [5, 5.41) is 8.35. The first-order chi connectivity index (χ1) is 19.3. The zero-order chi connectivity index (χ0) is 25.8. The van der Waals surface area contributed by atoms with E-state index in [1.807, 2.05) is 0 Å². The Labute approximate surface area is 234 Å². The summed E-state index contributed by atoms with van der Waals surface area (Å²) in [5.41, 5.74) is 4.99. The lowest BCUT2D eigenvalue weighted by Crippen LogP contribution is -2.58. The average Bonchev–Trinajstić information content (AvgIpc) is 2.97. The van der Waals surface area contributed by atoms with Crippen LogP contribution in [0.2, 0.25) is 0 Å². The van der Waals surface area contributed by atoms with E-state index in [-0.39, 0.29) is 24.3 Å². The van der Waals surface area contributed by atoms with Crippen LogP contribution in [0.25, 0.3) is 0 Å². The van der Waals surface area contributed by atoms with Crippen LogP contribution in [0.5, 0.6) is 0 Å². The first kappa shape index (κ1) is 24.7. The molecule has 3 bridgehead atoms. The minimum absolute atomic E-state index is 0.0429. The van der Waals surface area contributed by atoms with Crippen molar-refractivity contribution >= 4 is 14.4 Å². The van der Waals surface area contributed by atoms with Gasteiger partial charge in [-0.2, -0.15) is 0 Å². The molecule has 6 atom stereocenters. The Morgan fingerprint density at radius 2 is 1.18 bits per heavy atom. The summed E-state index contributed by atoms with van der Waals surface area (Å²) in [6.07, 6.45) is 32.2. The van der Waals surface area contributed by atoms with Crippen molar-refractivity contribution in [3.05, 3.63) is 94.6 Å². The van der Waals surface area contributed by atoms with Gasteiger partial charge in [-0.1, -0.05) is 73.6 Å². The Kier molecular flexibility index (Phi) is 6.37. The summed E-state index contributed by atoms with van der Waals surface area (Å²) in [6, 6.07) is 0.761. The van der Waals surface area contributed by atoms with E-state index in [1.54, 1.807) is 0 Å². The zero-order valence-corrected chi connectivity index (χ0v) is 23.7. The highest BCUT2D eigenvalue weighted by Gasteiger charge is 2.61. The molecule has 1 spiro atoms. The monoisotopic (exact) mass is 541 g/mol. The van der Waals surface area contributed by atoms with E-state index in [0.717, 1.165) is 62.9 Å². The van der Waals surface area contributed by atoms with Gasteiger partial charge >= 0.3 is 14.4 Å². The van der Waals surface area contributed by atoms with Crippen LogP contribution in [-0.4, -0.2) is 50.8 Å². The summed E-state index contributed by atoms with van der Waals surface area (Å²) in [7, 11) is 0. The highest BCUT2D eigenvalue weighted by atomic mass is 27.3. The maximum absolute atomic E-state index is 7.13. The van der Waals surface area contributed by atoms with Gasteiger partial charge in [0.2, 0.25) is 0 Å². The van der Waals surface area contributed by atoms with Crippen LogP contribution in [-0.2, 0) is 15.2 Å². The fourth-order valence-corrected chi connectivity index (χ4v) is 10.7. The van der Waals surface area contributed by atoms with Gasteiger partial charge in [-0.3, -0.25) is 0 Å². The Balaban J connectivity index is 1.39. The number of rotatable bonds is 0. The molecule has 0 amide bonds. The third-order valence-electron chi connectivity index (χ3n) is 9.66. The van der Waals surface area contributed by atoms with Crippen molar-refractivity contribution in [1.29, 1.82) is 0 Å². The van der Waals surface area contributed by atoms with Crippen LogP contribution in [0, 0.1) is 0 Å².